The van der Waals surface area contributed by atoms with Gasteiger partial charge >= 0.3 is 5.97 Å². The fourth-order valence-electron chi connectivity index (χ4n) is 3.22. The molecular formula is C23H23ClN2O4. The third-order valence-electron chi connectivity index (χ3n) is 4.78. The first-order valence-electron chi connectivity index (χ1n) is 9.49. The molecule has 0 aliphatic rings. The Morgan fingerprint density at radius 2 is 1.83 bits per heavy atom. The van der Waals surface area contributed by atoms with Crippen LogP contribution in [-0.4, -0.2) is 24.0 Å². The number of carbonyl (C=O) groups excluding carboxylic acids is 2. The van der Waals surface area contributed by atoms with Crippen molar-refractivity contribution in [3.05, 3.63) is 70.4 Å². The standard InChI is InChI=1S/C23H23ClN2O4/c1-14-18-6-4-5-7-19(18)26-21(23(14)24)13-30-22(28)12-20(25-15(2)27)16-8-10-17(29-3)11-9-16/h4-11,20H,12-13H2,1-3H3,(H,25,27). The molecule has 3 aromatic rings. The lowest BCUT2D eigenvalue weighted by Crippen LogP contribution is -2.28. The number of aromatic nitrogens is 1. The molecule has 1 atom stereocenters. The average Bonchev–Trinajstić information content (AvgIpc) is 2.74. The molecule has 3 rings (SSSR count). The van der Waals surface area contributed by atoms with Crippen molar-refractivity contribution in [3.63, 3.8) is 0 Å². The smallest absolute Gasteiger partial charge is 0.308 e. The summed E-state index contributed by atoms with van der Waals surface area (Å²) in [6, 6.07) is 14.3. The zero-order chi connectivity index (χ0) is 21.7. The van der Waals surface area contributed by atoms with Gasteiger partial charge in [-0.3, -0.25) is 9.59 Å². The van der Waals surface area contributed by atoms with E-state index in [1.54, 1.807) is 31.4 Å². The normalized spacial score (nSPS) is 11.7. The van der Waals surface area contributed by atoms with E-state index in [0.29, 0.717) is 16.5 Å². The molecule has 0 aliphatic carbocycles. The summed E-state index contributed by atoms with van der Waals surface area (Å²) in [6.07, 6.45) is -0.0178. The molecule has 6 nitrogen and oxygen atoms in total. The molecule has 0 spiro atoms. The number of benzene rings is 2. The summed E-state index contributed by atoms with van der Waals surface area (Å²) in [5.74, 6) is -0.0120. The van der Waals surface area contributed by atoms with Crippen LogP contribution in [0.5, 0.6) is 5.75 Å². The van der Waals surface area contributed by atoms with Gasteiger partial charge in [-0.25, -0.2) is 4.98 Å². The van der Waals surface area contributed by atoms with E-state index in [9.17, 15) is 9.59 Å². The van der Waals surface area contributed by atoms with Crippen molar-refractivity contribution in [2.75, 3.05) is 7.11 Å². The Hall–Kier alpha value is -3.12. The number of nitrogens with one attached hydrogen (secondary N) is 1. The van der Waals surface area contributed by atoms with Gasteiger partial charge in [0.15, 0.2) is 0 Å². The number of rotatable bonds is 7. The van der Waals surface area contributed by atoms with Crippen LogP contribution in [0.15, 0.2) is 48.5 Å². The Kier molecular flexibility index (Phi) is 6.90. The molecule has 2 aromatic carbocycles. The first-order valence-corrected chi connectivity index (χ1v) is 9.87. The number of esters is 1. The van der Waals surface area contributed by atoms with Crippen molar-refractivity contribution in [3.8, 4) is 5.75 Å². The van der Waals surface area contributed by atoms with Crippen LogP contribution in [0.2, 0.25) is 5.02 Å². The second-order valence-electron chi connectivity index (χ2n) is 6.91. The van der Waals surface area contributed by atoms with Crippen LogP contribution >= 0.6 is 11.6 Å². The molecule has 1 heterocycles. The maximum atomic E-state index is 12.5. The highest BCUT2D eigenvalue weighted by Gasteiger charge is 2.19. The van der Waals surface area contributed by atoms with Gasteiger partial charge in [0.2, 0.25) is 5.91 Å². The number of aryl methyl sites for hydroxylation is 1. The van der Waals surface area contributed by atoms with Crippen LogP contribution in [0.25, 0.3) is 10.9 Å². The van der Waals surface area contributed by atoms with Crippen LogP contribution in [0.1, 0.15) is 36.2 Å². The highest BCUT2D eigenvalue weighted by atomic mass is 35.5. The largest absolute Gasteiger partial charge is 0.497 e. The third kappa shape index (κ3) is 5.07. The maximum absolute atomic E-state index is 12.5. The highest BCUT2D eigenvalue weighted by molar-refractivity contribution is 6.32. The fraction of sp³-hybridized carbons (Fsp3) is 0.261. The van der Waals surface area contributed by atoms with Gasteiger partial charge in [-0.2, -0.15) is 0 Å². The monoisotopic (exact) mass is 426 g/mol. The quantitative estimate of drug-likeness (QED) is 0.562. The Morgan fingerprint density at radius 1 is 1.13 bits per heavy atom. The molecule has 0 fully saturated rings. The van der Waals surface area contributed by atoms with E-state index >= 15 is 0 Å². The Balaban J connectivity index is 1.72. The van der Waals surface area contributed by atoms with Crippen molar-refractivity contribution in [2.24, 2.45) is 0 Å². The Labute approximate surface area is 180 Å². The molecular weight excluding hydrogens is 404 g/mol. The van der Waals surface area contributed by atoms with E-state index in [0.717, 1.165) is 22.0 Å². The van der Waals surface area contributed by atoms with Crippen molar-refractivity contribution < 1.29 is 19.1 Å². The van der Waals surface area contributed by atoms with Gasteiger partial charge in [-0.05, 0) is 36.2 Å². The maximum Gasteiger partial charge on any atom is 0.308 e. The Morgan fingerprint density at radius 3 is 2.50 bits per heavy atom. The fourth-order valence-corrected chi connectivity index (χ4v) is 3.42. The lowest BCUT2D eigenvalue weighted by Gasteiger charge is -2.18. The van der Waals surface area contributed by atoms with E-state index in [1.807, 2.05) is 31.2 Å². The molecule has 0 aliphatic heterocycles. The van der Waals surface area contributed by atoms with Gasteiger partial charge < -0.3 is 14.8 Å². The highest BCUT2D eigenvalue weighted by Crippen LogP contribution is 2.27. The van der Waals surface area contributed by atoms with Crippen LogP contribution in [-0.2, 0) is 20.9 Å². The number of ether oxygens (including phenoxy) is 2. The number of halogens is 1. The van der Waals surface area contributed by atoms with Crippen LogP contribution < -0.4 is 10.1 Å². The van der Waals surface area contributed by atoms with Gasteiger partial charge in [0.05, 0.1) is 35.8 Å². The number of nitrogens with zero attached hydrogens (tertiary/aromatic N) is 1. The summed E-state index contributed by atoms with van der Waals surface area (Å²) in [5.41, 5.74) is 2.96. The van der Waals surface area contributed by atoms with Crippen LogP contribution in [0.4, 0.5) is 0 Å². The third-order valence-corrected chi connectivity index (χ3v) is 5.28. The lowest BCUT2D eigenvalue weighted by molar-refractivity contribution is -0.145. The SMILES string of the molecule is COc1ccc(C(CC(=O)OCc2nc3ccccc3c(C)c2Cl)NC(C)=O)cc1. The summed E-state index contributed by atoms with van der Waals surface area (Å²) in [5, 5.41) is 4.23. The number of carbonyl (C=O) groups is 2. The molecule has 156 valence electrons. The second kappa shape index (κ2) is 9.59. The number of amides is 1. The minimum Gasteiger partial charge on any atom is -0.497 e. The number of fused-ring (bicyclic) bond motifs is 1. The van der Waals surface area contributed by atoms with Gasteiger partial charge in [0.25, 0.3) is 0 Å². The lowest BCUT2D eigenvalue weighted by atomic mass is 10.0. The van der Waals surface area contributed by atoms with Gasteiger partial charge in [0, 0.05) is 12.3 Å². The molecule has 1 unspecified atom stereocenters. The van der Waals surface area contributed by atoms with Crippen molar-refractivity contribution >= 4 is 34.4 Å². The number of hydrogen-bond acceptors (Lipinski definition) is 5. The summed E-state index contributed by atoms with van der Waals surface area (Å²) in [4.78, 5) is 28.6. The van der Waals surface area contributed by atoms with Gasteiger partial charge in [0.1, 0.15) is 12.4 Å². The average molecular weight is 427 g/mol. The zero-order valence-electron chi connectivity index (χ0n) is 17.1. The predicted octanol–water partition coefficient (Wildman–Crippen LogP) is 4.52. The first kappa shape index (κ1) is 21.6. The van der Waals surface area contributed by atoms with E-state index in [-0.39, 0.29) is 18.9 Å². The van der Waals surface area contributed by atoms with Crippen molar-refractivity contribution in [1.82, 2.24) is 10.3 Å². The van der Waals surface area contributed by atoms with Crippen LogP contribution in [0.3, 0.4) is 0 Å². The van der Waals surface area contributed by atoms with Crippen molar-refractivity contribution in [1.29, 1.82) is 0 Å². The molecule has 0 bridgehead atoms. The molecule has 7 heteroatoms. The number of methoxy groups -OCH3 is 1. The van der Waals surface area contributed by atoms with Crippen LogP contribution in [0, 0.1) is 6.92 Å². The zero-order valence-corrected chi connectivity index (χ0v) is 17.8. The van der Waals surface area contributed by atoms with E-state index in [2.05, 4.69) is 10.3 Å². The van der Waals surface area contributed by atoms with E-state index in [4.69, 9.17) is 21.1 Å². The summed E-state index contributed by atoms with van der Waals surface area (Å²) in [7, 11) is 1.57. The van der Waals surface area contributed by atoms with E-state index < -0.39 is 12.0 Å². The Bertz CT molecular complexity index is 1070. The van der Waals surface area contributed by atoms with E-state index in [1.165, 1.54) is 6.92 Å². The first-order chi connectivity index (χ1) is 14.4. The molecule has 0 saturated carbocycles. The van der Waals surface area contributed by atoms with Gasteiger partial charge in [-0.1, -0.05) is 41.9 Å². The minimum absolute atomic E-state index is 0.0178. The molecule has 1 aromatic heterocycles. The van der Waals surface area contributed by atoms with Crippen molar-refractivity contribution in [2.45, 2.75) is 32.9 Å². The summed E-state index contributed by atoms with van der Waals surface area (Å²) < 4.78 is 10.6. The number of para-hydroxylation sites is 1. The molecule has 1 amide bonds. The minimum atomic E-state index is -0.511. The topological polar surface area (TPSA) is 77.5 Å². The molecule has 1 N–H and O–H groups in total. The predicted molar refractivity (Wildman–Crippen MR) is 115 cm³/mol. The molecule has 30 heavy (non-hydrogen) atoms. The number of hydrogen-bond donors (Lipinski definition) is 1. The molecule has 0 radical (unpaired) electrons. The summed E-state index contributed by atoms with van der Waals surface area (Å²) in [6.45, 7) is 3.27. The summed E-state index contributed by atoms with van der Waals surface area (Å²) >= 11 is 6.43. The number of pyridine rings is 1. The molecule has 0 saturated heterocycles. The van der Waals surface area contributed by atoms with Gasteiger partial charge in [-0.15, -0.1) is 0 Å². The second-order valence-corrected chi connectivity index (χ2v) is 7.28.